The van der Waals surface area contributed by atoms with Crippen LogP contribution in [0.3, 0.4) is 0 Å². The average molecular weight is 466 g/mol. The third-order valence-electron chi connectivity index (χ3n) is 3.83. The molecule has 1 aliphatic heterocycles. The molecule has 1 aliphatic rings. The highest BCUT2D eigenvalue weighted by Gasteiger charge is 2.36. The molecule has 1 heterocycles. The van der Waals surface area contributed by atoms with E-state index < -0.39 is 34.5 Å². The van der Waals surface area contributed by atoms with E-state index in [2.05, 4.69) is 21.0 Å². The maximum Gasteiger partial charge on any atom is 0.313 e. The molecule has 150 valence electrons. The molecule has 1 atom stereocenters. The summed E-state index contributed by atoms with van der Waals surface area (Å²) in [6.07, 6.45) is -1.02. The molecule has 29 heavy (non-hydrogen) atoms. The van der Waals surface area contributed by atoms with Crippen molar-refractivity contribution in [1.29, 1.82) is 0 Å². The van der Waals surface area contributed by atoms with Gasteiger partial charge in [0, 0.05) is 30.0 Å². The van der Waals surface area contributed by atoms with Crippen LogP contribution >= 0.6 is 15.9 Å². The molecule has 0 aromatic heterocycles. The van der Waals surface area contributed by atoms with Crippen LogP contribution in [0.15, 0.2) is 46.0 Å². The summed E-state index contributed by atoms with van der Waals surface area (Å²) in [5.41, 5.74) is -0.0634. The Bertz CT molecular complexity index is 1040. The normalized spacial score (nSPS) is 15.5. The van der Waals surface area contributed by atoms with Crippen molar-refractivity contribution in [2.24, 2.45) is 5.10 Å². The molecule has 0 saturated carbocycles. The minimum Gasteiger partial charge on any atom is -0.446 e. The molecule has 0 spiro atoms. The number of esters is 1. The first kappa shape index (κ1) is 20.4. The SMILES string of the molecule is CC(=O)Oc1c(C2=NN(C(C)=O)C(c3ccc(F)cc3)O2)cc(Br)cc1[N+](=O)[O-]. The molecule has 0 saturated heterocycles. The van der Waals surface area contributed by atoms with Crippen molar-refractivity contribution in [2.45, 2.75) is 20.1 Å². The zero-order chi connectivity index (χ0) is 21.3. The molecule has 9 nitrogen and oxygen atoms in total. The Balaban J connectivity index is 2.11. The summed E-state index contributed by atoms with van der Waals surface area (Å²) in [6, 6.07) is 7.81. The number of rotatable bonds is 4. The van der Waals surface area contributed by atoms with E-state index in [-0.39, 0.29) is 17.2 Å². The summed E-state index contributed by atoms with van der Waals surface area (Å²) in [6.45, 7) is 2.35. The number of nitrogens with zero attached hydrogens (tertiary/aromatic N) is 3. The number of amides is 1. The fourth-order valence-corrected chi connectivity index (χ4v) is 3.09. The van der Waals surface area contributed by atoms with Gasteiger partial charge in [-0.3, -0.25) is 19.7 Å². The van der Waals surface area contributed by atoms with E-state index >= 15 is 0 Å². The number of benzene rings is 2. The summed E-state index contributed by atoms with van der Waals surface area (Å²) in [7, 11) is 0. The highest BCUT2D eigenvalue weighted by atomic mass is 79.9. The summed E-state index contributed by atoms with van der Waals surface area (Å²) in [5, 5.41) is 16.5. The predicted octanol–water partition coefficient (Wildman–Crippen LogP) is 3.66. The van der Waals surface area contributed by atoms with Gasteiger partial charge in [-0.15, -0.1) is 5.10 Å². The van der Waals surface area contributed by atoms with E-state index in [1.807, 2.05) is 0 Å². The lowest BCUT2D eigenvalue weighted by Gasteiger charge is -2.19. The van der Waals surface area contributed by atoms with Crippen LogP contribution in [0.1, 0.15) is 31.2 Å². The highest BCUT2D eigenvalue weighted by Crippen LogP contribution is 2.39. The number of hydrazone groups is 1. The second kappa shape index (κ2) is 7.95. The summed E-state index contributed by atoms with van der Waals surface area (Å²) >= 11 is 3.16. The highest BCUT2D eigenvalue weighted by molar-refractivity contribution is 9.10. The van der Waals surface area contributed by atoms with Crippen LogP contribution in [0.5, 0.6) is 5.75 Å². The molecular weight excluding hydrogens is 453 g/mol. The standard InChI is InChI=1S/C18H13BrFN3O6/c1-9(24)22-18(11-3-5-13(20)6-4-11)29-17(21-22)14-7-12(19)8-15(23(26)27)16(14)28-10(2)25/h3-8,18H,1-2H3. The van der Waals surface area contributed by atoms with Gasteiger partial charge in [-0.05, 0) is 18.2 Å². The minimum absolute atomic E-state index is 0.00265. The first-order valence-electron chi connectivity index (χ1n) is 8.14. The fourth-order valence-electron chi connectivity index (χ4n) is 2.64. The van der Waals surface area contributed by atoms with Crippen LogP contribution in [-0.4, -0.2) is 27.7 Å². The van der Waals surface area contributed by atoms with Crippen molar-refractivity contribution >= 4 is 39.4 Å². The Hall–Kier alpha value is -3.34. The molecule has 0 bridgehead atoms. The summed E-state index contributed by atoms with van der Waals surface area (Å²) in [5.74, 6) is -2.27. The quantitative estimate of drug-likeness (QED) is 0.294. The molecule has 1 unspecified atom stereocenters. The molecule has 1 amide bonds. The molecule has 2 aromatic rings. The first-order chi connectivity index (χ1) is 13.7. The van der Waals surface area contributed by atoms with Crippen LogP contribution < -0.4 is 4.74 Å². The second-order valence-electron chi connectivity index (χ2n) is 5.94. The molecule has 0 N–H and O–H groups in total. The van der Waals surface area contributed by atoms with Gasteiger partial charge in [0.05, 0.1) is 10.5 Å². The van der Waals surface area contributed by atoms with Crippen LogP contribution in [0.25, 0.3) is 0 Å². The van der Waals surface area contributed by atoms with Crippen molar-refractivity contribution in [1.82, 2.24) is 5.01 Å². The maximum absolute atomic E-state index is 13.2. The summed E-state index contributed by atoms with van der Waals surface area (Å²) < 4.78 is 24.3. The average Bonchev–Trinajstić information content (AvgIpc) is 3.08. The lowest BCUT2D eigenvalue weighted by molar-refractivity contribution is -0.385. The Kier molecular flexibility index (Phi) is 5.59. The lowest BCUT2D eigenvalue weighted by atomic mass is 10.1. The topological polar surface area (TPSA) is 111 Å². The van der Waals surface area contributed by atoms with E-state index in [1.54, 1.807) is 0 Å². The number of carbonyl (C=O) groups excluding carboxylic acids is 2. The Morgan fingerprint density at radius 2 is 1.93 bits per heavy atom. The lowest BCUT2D eigenvalue weighted by Crippen LogP contribution is -2.25. The van der Waals surface area contributed by atoms with Crippen molar-refractivity contribution in [2.75, 3.05) is 0 Å². The zero-order valence-electron chi connectivity index (χ0n) is 15.1. The molecule has 0 fully saturated rings. The van der Waals surface area contributed by atoms with Gasteiger partial charge in [0.2, 0.25) is 23.8 Å². The number of hydrogen-bond acceptors (Lipinski definition) is 7. The third-order valence-corrected chi connectivity index (χ3v) is 4.29. The Labute approximate surface area is 172 Å². The molecule has 3 rings (SSSR count). The first-order valence-corrected chi connectivity index (χ1v) is 8.94. The number of halogens is 2. The third kappa shape index (κ3) is 4.24. The van der Waals surface area contributed by atoms with E-state index in [1.165, 1.54) is 37.3 Å². The summed E-state index contributed by atoms with van der Waals surface area (Å²) in [4.78, 5) is 34.2. The van der Waals surface area contributed by atoms with E-state index in [9.17, 15) is 24.1 Å². The zero-order valence-corrected chi connectivity index (χ0v) is 16.7. The van der Waals surface area contributed by atoms with Crippen LogP contribution in [-0.2, 0) is 14.3 Å². The van der Waals surface area contributed by atoms with Crippen molar-refractivity contribution in [3.63, 3.8) is 0 Å². The van der Waals surface area contributed by atoms with Crippen LogP contribution in [0.4, 0.5) is 10.1 Å². The fraction of sp³-hybridized carbons (Fsp3) is 0.167. The molecule has 11 heteroatoms. The van der Waals surface area contributed by atoms with Gasteiger partial charge in [0.25, 0.3) is 0 Å². The number of nitro benzene ring substituents is 1. The van der Waals surface area contributed by atoms with Crippen molar-refractivity contribution in [3.05, 3.63) is 67.9 Å². The van der Waals surface area contributed by atoms with E-state index in [0.717, 1.165) is 18.0 Å². The Morgan fingerprint density at radius 3 is 2.48 bits per heavy atom. The van der Waals surface area contributed by atoms with Gasteiger partial charge in [-0.2, -0.15) is 5.01 Å². The predicted molar refractivity (Wildman–Crippen MR) is 101 cm³/mol. The van der Waals surface area contributed by atoms with Crippen LogP contribution in [0.2, 0.25) is 0 Å². The van der Waals surface area contributed by atoms with E-state index in [4.69, 9.17) is 9.47 Å². The minimum atomic E-state index is -1.02. The smallest absolute Gasteiger partial charge is 0.313 e. The van der Waals surface area contributed by atoms with Crippen molar-refractivity contribution in [3.8, 4) is 5.75 Å². The van der Waals surface area contributed by atoms with Crippen LogP contribution in [0, 0.1) is 15.9 Å². The molecular formula is C18H13BrFN3O6. The number of hydrogen-bond donors (Lipinski definition) is 0. The number of ether oxygens (including phenoxy) is 2. The van der Waals surface area contributed by atoms with E-state index in [0.29, 0.717) is 10.0 Å². The van der Waals surface area contributed by atoms with Gasteiger partial charge in [0.1, 0.15) is 5.82 Å². The molecule has 2 aromatic carbocycles. The maximum atomic E-state index is 13.2. The monoisotopic (exact) mass is 465 g/mol. The molecule has 0 radical (unpaired) electrons. The van der Waals surface area contributed by atoms with Gasteiger partial charge in [-0.25, -0.2) is 4.39 Å². The Morgan fingerprint density at radius 1 is 1.28 bits per heavy atom. The van der Waals surface area contributed by atoms with Crippen molar-refractivity contribution < 1.29 is 28.4 Å². The van der Waals surface area contributed by atoms with Gasteiger partial charge in [0.15, 0.2) is 0 Å². The van der Waals surface area contributed by atoms with Gasteiger partial charge >= 0.3 is 11.7 Å². The molecule has 0 aliphatic carbocycles. The van der Waals surface area contributed by atoms with Gasteiger partial charge in [-0.1, -0.05) is 28.1 Å². The largest absolute Gasteiger partial charge is 0.446 e. The number of carbonyl (C=O) groups is 2. The van der Waals surface area contributed by atoms with Gasteiger partial charge < -0.3 is 9.47 Å². The second-order valence-corrected chi connectivity index (χ2v) is 6.86. The number of nitro groups is 1.